The molecule has 2 nitrogen and oxygen atoms in total. The van der Waals surface area contributed by atoms with Crippen LogP contribution < -0.4 is 5.32 Å². The summed E-state index contributed by atoms with van der Waals surface area (Å²) in [5.74, 6) is 3.67. The molecule has 1 aliphatic rings. The topological polar surface area (TPSA) is 25.2 Å². The Hall–Kier alpha value is -1.54. The average molecular weight is 283 g/mol. The molecule has 1 aliphatic carbocycles. The maximum absolute atomic E-state index is 5.95. The van der Waals surface area contributed by atoms with Gasteiger partial charge in [-0.3, -0.25) is 0 Å². The van der Waals surface area contributed by atoms with E-state index in [1.165, 1.54) is 28.9 Å². The molecule has 0 radical (unpaired) electrons. The summed E-state index contributed by atoms with van der Waals surface area (Å²) < 4.78 is 5.95. The van der Waals surface area contributed by atoms with Crippen LogP contribution in [0.25, 0.3) is 0 Å². The first-order chi connectivity index (χ1) is 10.0. The molecule has 2 heteroatoms. The van der Waals surface area contributed by atoms with E-state index < -0.39 is 0 Å². The largest absolute Gasteiger partial charge is 0.464 e. The van der Waals surface area contributed by atoms with Gasteiger partial charge in [0, 0.05) is 12.0 Å². The second kappa shape index (κ2) is 5.69. The number of nitrogens with one attached hydrogen (secondary N) is 1. The van der Waals surface area contributed by atoms with Crippen molar-refractivity contribution in [2.24, 2.45) is 5.92 Å². The molecule has 1 aromatic carbocycles. The Morgan fingerprint density at radius 3 is 2.67 bits per heavy atom. The molecule has 3 atom stereocenters. The van der Waals surface area contributed by atoms with E-state index >= 15 is 0 Å². The zero-order valence-electron chi connectivity index (χ0n) is 13.4. The minimum absolute atomic E-state index is 0.332. The molecule has 1 saturated carbocycles. The molecule has 2 aromatic rings. The van der Waals surface area contributed by atoms with Crippen molar-refractivity contribution < 1.29 is 4.42 Å². The summed E-state index contributed by atoms with van der Waals surface area (Å²) in [5, 5.41) is 3.57. The van der Waals surface area contributed by atoms with Crippen molar-refractivity contribution in [3.05, 3.63) is 58.5 Å². The van der Waals surface area contributed by atoms with Gasteiger partial charge in [0.25, 0.3) is 0 Å². The van der Waals surface area contributed by atoms with Gasteiger partial charge in [-0.25, -0.2) is 0 Å². The number of hydrogen-bond acceptors (Lipinski definition) is 2. The van der Waals surface area contributed by atoms with Gasteiger partial charge in [0.05, 0.1) is 6.54 Å². The zero-order chi connectivity index (χ0) is 15.0. The van der Waals surface area contributed by atoms with Crippen molar-refractivity contribution in [2.75, 3.05) is 0 Å². The van der Waals surface area contributed by atoms with Gasteiger partial charge < -0.3 is 9.73 Å². The second-order valence-electron chi connectivity index (χ2n) is 6.59. The minimum atomic E-state index is 0.332. The fraction of sp³-hybridized carbons (Fsp3) is 0.474. The van der Waals surface area contributed by atoms with Crippen LogP contribution >= 0.6 is 0 Å². The Morgan fingerprint density at radius 1 is 1.24 bits per heavy atom. The lowest BCUT2D eigenvalue weighted by molar-refractivity contribution is 0.430. The fourth-order valence-electron chi connectivity index (χ4n) is 3.08. The van der Waals surface area contributed by atoms with Gasteiger partial charge in [0.15, 0.2) is 0 Å². The van der Waals surface area contributed by atoms with E-state index in [0.717, 1.165) is 18.2 Å². The average Bonchev–Trinajstić information content (AvgIpc) is 2.99. The zero-order valence-corrected chi connectivity index (χ0v) is 13.4. The quantitative estimate of drug-likeness (QED) is 0.846. The van der Waals surface area contributed by atoms with Crippen LogP contribution in [0, 0.1) is 19.8 Å². The molecule has 3 rings (SSSR count). The van der Waals surface area contributed by atoms with Crippen molar-refractivity contribution in [1.29, 1.82) is 0 Å². The summed E-state index contributed by atoms with van der Waals surface area (Å²) in [6.45, 7) is 9.60. The van der Waals surface area contributed by atoms with E-state index in [0.29, 0.717) is 12.0 Å². The highest BCUT2D eigenvalue weighted by molar-refractivity contribution is 5.32. The smallest absolute Gasteiger partial charge is 0.117 e. The first kappa shape index (κ1) is 14.4. The van der Waals surface area contributed by atoms with E-state index in [1.807, 2.05) is 0 Å². The molecular formula is C19H25NO. The van der Waals surface area contributed by atoms with Gasteiger partial charge >= 0.3 is 0 Å². The van der Waals surface area contributed by atoms with E-state index in [1.54, 1.807) is 0 Å². The van der Waals surface area contributed by atoms with Crippen molar-refractivity contribution in [3.63, 3.8) is 0 Å². The molecule has 1 fully saturated rings. The van der Waals surface area contributed by atoms with Crippen molar-refractivity contribution in [1.82, 2.24) is 5.32 Å². The van der Waals surface area contributed by atoms with Crippen LogP contribution in [0.15, 0.2) is 34.7 Å². The molecule has 21 heavy (non-hydrogen) atoms. The monoisotopic (exact) mass is 283 g/mol. The third-order valence-corrected chi connectivity index (χ3v) is 4.63. The van der Waals surface area contributed by atoms with Gasteiger partial charge in [-0.2, -0.15) is 0 Å². The summed E-state index contributed by atoms with van der Waals surface area (Å²) in [4.78, 5) is 0. The highest BCUT2D eigenvalue weighted by Crippen LogP contribution is 2.47. The first-order valence-electron chi connectivity index (χ1n) is 7.93. The highest BCUT2D eigenvalue weighted by atomic mass is 16.3. The van der Waals surface area contributed by atoms with E-state index in [9.17, 15) is 0 Å². The molecule has 1 heterocycles. The number of aryl methyl sites for hydroxylation is 2. The molecule has 112 valence electrons. The summed E-state index contributed by atoms with van der Waals surface area (Å²) >= 11 is 0. The third kappa shape index (κ3) is 3.21. The Morgan fingerprint density at radius 2 is 2.00 bits per heavy atom. The molecule has 0 amide bonds. The van der Waals surface area contributed by atoms with Crippen molar-refractivity contribution >= 4 is 0 Å². The Labute approximate surface area is 127 Å². The lowest BCUT2D eigenvalue weighted by Gasteiger charge is -2.16. The molecule has 0 spiro atoms. The fourth-order valence-corrected chi connectivity index (χ4v) is 3.08. The SMILES string of the molecule is Cc1ccc(C(C)NCc2ccc(C3CC3C)o2)c(C)c1. The van der Waals surface area contributed by atoms with Crippen molar-refractivity contribution in [3.8, 4) is 0 Å². The third-order valence-electron chi connectivity index (χ3n) is 4.63. The molecule has 1 aromatic heterocycles. The predicted octanol–water partition coefficient (Wildman–Crippen LogP) is 4.87. The van der Waals surface area contributed by atoms with Crippen LogP contribution in [0.4, 0.5) is 0 Å². The normalized spacial score (nSPS) is 22.3. The maximum atomic E-state index is 5.95. The summed E-state index contributed by atoms with van der Waals surface area (Å²) in [6, 6.07) is 11.2. The Kier molecular flexibility index (Phi) is 3.90. The first-order valence-corrected chi connectivity index (χ1v) is 7.93. The van der Waals surface area contributed by atoms with E-state index in [4.69, 9.17) is 4.42 Å². The Bertz CT molecular complexity index is 628. The number of benzene rings is 1. The van der Waals surface area contributed by atoms with Gasteiger partial charge in [0.2, 0.25) is 0 Å². The highest BCUT2D eigenvalue weighted by Gasteiger charge is 2.36. The van der Waals surface area contributed by atoms with Crippen LogP contribution in [0.2, 0.25) is 0 Å². The summed E-state index contributed by atoms with van der Waals surface area (Å²) in [5.41, 5.74) is 4.03. The summed E-state index contributed by atoms with van der Waals surface area (Å²) in [7, 11) is 0. The lowest BCUT2D eigenvalue weighted by Crippen LogP contribution is -2.18. The van der Waals surface area contributed by atoms with Crippen LogP contribution in [0.3, 0.4) is 0 Å². The number of rotatable bonds is 5. The molecule has 0 saturated heterocycles. The maximum Gasteiger partial charge on any atom is 0.117 e. The molecule has 3 unspecified atom stereocenters. The van der Waals surface area contributed by atoms with Gasteiger partial charge in [0.1, 0.15) is 11.5 Å². The standard InChI is InChI=1S/C19H25NO/c1-12-5-7-17(13(2)9-12)15(4)20-11-16-6-8-19(21-16)18-10-14(18)3/h5-9,14-15,18,20H,10-11H2,1-4H3. The number of furan rings is 1. The van der Waals surface area contributed by atoms with Gasteiger partial charge in [-0.1, -0.05) is 30.7 Å². The van der Waals surface area contributed by atoms with Crippen LogP contribution in [0.5, 0.6) is 0 Å². The molecular weight excluding hydrogens is 258 g/mol. The number of hydrogen-bond donors (Lipinski definition) is 1. The lowest BCUT2D eigenvalue weighted by atomic mass is 10.0. The van der Waals surface area contributed by atoms with Crippen LogP contribution in [0.1, 0.15) is 60.4 Å². The van der Waals surface area contributed by atoms with Gasteiger partial charge in [-0.15, -0.1) is 0 Å². The van der Waals surface area contributed by atoms with E-state index in [2.05, 4.69) is 63.3 Å². The summed E-state index contributed by atoms with van der Waals surface area (Å²) in [6.07, 6.45) is 1.28. The minimum Gasteiger partial charge on any atom is -0.464 e. The van der Waals surface area contributed by atoms with E-state index in [-0.39, 0.29) is 0 Å². The molecule has 0 aliphatic heterocycles. The molecule has 1 N–H and O–H groups in total. The van der Waals surface area contributed by atoms with Crippen LogP contribution in [-0.4, -0.2) is 0 Å². The Balaban J connectivity index is 1.60. The van der Waals surface area contributed by atoms with Gasteiger partial charge in [-0.05, 0) is 56.4 Å². The molecule has 0 bridgehead atoms. The van der Waals surface area contributed by atoms with Crippen molar-refractivity contribution in [2.45, 2.75) is 52.6 Å². The second-order valence-corrected chi connectivity index (χ2v) is 6.59. The predicted molar refractivity (Wildman–Crippen MR) is 86.4 cm³/mol. The van der Waals surface area contributed by atoms with Crippen LogP contribution in [-0.2, 0) is 6.54 Å².